The van der Waals surface area contributed by atoms with E-state index in [1.54, 1.807) is 6.92 Å². The van der Waals surface area contributed by atoms with Crippen LogP contribution in [-0.4, -0.2) is 80.5 Å². The number of likely N-dealkylation sites (tertiary alicyclic amines) is 2. The van der Waals surface area contributed by atoms with E-state index in [0.717, 1.165) is 0 Å². The summed E-state index contributed by atoms with van der Waals surface area (Å²) in [5.74, 6) is 0.0750. The minimum atomic E-state index is -0.808. The van der Waals surface area contributed by atoms with Gasteiger partial charge in [-0.15, -0.1) is 0 Å². The van der Waals surface area contributed by atoms with Crippen LogP contribution < -0.4 is 5.32 Å². The Labute approximate surface area is 251 Å². The van der Waals surface area contributed by atoms with Gasteiger partial charge in [-0.1, -0.05) is 0 Å². The van der Waals surface area contributed by atoms with Crippen molar-refractivity contribution in [2.24, 2.45) is 4.99 Å². The highest BCUT2D eigenvalue weighted by Gasteiger charge is 2.40. The van der Waals surface area contributed by atoms with E-state index in [2.05, 4.69) is 22.9 Å². The fraction of sp³-hybridized carbons (Fsp3) is 0.407. The average Bonchev–Trinajstić information content (AvgIpc) is 3.62. The number of carbonyl (C=O) groups excluding carboxylic acids is 3. The molecule has 3 atom stereocenters. The van der Waals surface area contributed by atoms with Crippen LogP contribution in [0.25, 0.3) is 0 Å². The maximum Gasteiger partial charge on any atom is 0.435 e. The number of hydrogen-bond acceptors (Lipinski definition) is 10. The van der Waals surface area contributed by atoms with E-state index in [1.165, 1.54) is 53.4 Å². The summed E-state index contributed by atoms with van der Waals surface area (Å²) in [6.07, 6.45) is -0.549. The minimum Gasteiger partial charge on any atom is -0.445 e. The van der Waals surface area contributed by atoms with Crippen LogP contribution in [0.1, 0.15) is 30.9 Å². The van der Waals surface area contributed by atoms with Crippen molar-refractivity contribution in [2.45, 2.75) is 50.3 Å². The number of hydrogen-bond donors (Lipinski definition) is 2. The summed E-state index contributed by atoms with van der Waals surface area (Å²) in [5.41, 5.74) is 1.01. The molecule has 1 N–H and O–H groups in total. The molecule has 43 heavy (non-hydrogen) atoms. The third kappa shape index (κ3) is 8.41. The van der Waals surface area contributed by atoms with Gasteiger partial charge in [0.2, 0.25) is 5.91 Å². The third-order valence-corrected chi connectivity index (χ3v) is 7.45. The van der Waals surface area contributed by atoms with Gasteiger partial charge < -0.3 is 19.7 Å². The first-order valence-corrected chi connectivity index (χ1v) is 13.9. The van der Waals surface area contributed by atoms with Crippen molar-refractivity contribution in [2.75, 3.05) is 19.6 Å². The molecule has 16 heteroatoms. The highest BCUT2D eigenvalue weighted by molar-refractivity contribution is 7.81. The first-order chi connectivity index (χ1) is 20.5. The Kier molecular flexibility index (Phi) is 10.1. The first-order valence-electron chi connectivity index (χ1n) is 13.4. The molecule has 0 bridgehead atoms. The maximum absolute atomic E-state index is 13.2. The molecule has 0 aliphatic carbocycles. The van der Waals surface area contributed by atoms with Crippen molar-refractivity contribution < 1.29 is 33.7 Å². The number of amidine groups is 1. The van der Waals surface area contributed by atoms with E-state index >= 15 is 0 Å². The van der Waals surface area contributed by atoms with Crippen LogP contribution in [-0.2, 0) is 27.5 Å². The Morgan fingerprint density at radius 2 is 1.51 bits per heavy atom. The molecule has 2 aliphatic heterocycles. The van der Waals surface area contributed by atoms with Crippen molar-refractivity contribution in [3.63, 3.8) is 0 Å². The second-order valence-electron chi connectivity index (χ2n) is 10.1. The summed E-state index contributed by atoms with van der Waals surface area (Å²) in [4.78, 5) is 65.8. The predicted octanol–water partition coefficient (Wildman–Crippen LogP) is 3.46. The Hall–Kier alpha value is -4.73. The molecule has 0 saturated carbocycles. The molecule has 3 amide bonds. The van der Waals surface area contributed by atoms with E-state index < -0.39 is 28.1 Å². The molecule has 0 spiro atoms. The Bertz CT molecular complexity index is 1400. The van der Waals surface area contributed by atoms with Gasteiger partial charge >= 0.3 is 12.2 Å². The molecule has 228 valence electrons. The number of thiol groups is 1. The van der Waals surface area contributed by atoms with Gasteiger partial charge in [-0.2, -0.15) is 17.6 Å². The van der Waals surface area contributed by atoms with Gasteiger partial charge in [0.15, 0.2) is 0 Å². The molecule has 0 radical (unpaired) electrons. The summed E-state index contributed by atoms with van der Waals surface area (Å²) in [6.45, 7) is 2.63. The number of nitro benzene ring substituents is 2. The van der Waals surface area contributed by atoms with Crippen molar-refractivity contribution in [1.29, 1.82) is 0 Å². The molecule has 2 aliphatic rings. The van der Waals surface area contributed by atoms with Gasteiger partial charge in [-0.25, -0.2) is 9.59 Å². The molecule has 0 unspecified atom stereocenters. The summed E-state index contributed by atoms with van der Waals surface area (Å²) < 4.78 is 10.5. The van der Waals surface area contributed by atoms with Crippen molar-refractivity contribution in [3.05, 3.63) is 79.9 Å². The number of rotatable bonds is 8. The van der Waals surface area contributed by atoms with Gasteiger partial charge in [0.05, 0.1) is 9.85 Å². The predicted molar refractivity (Wildman–Crippen MR) is 156 cm³/mol. The molecule has 2 aromatic carbocycles. The van der Waals surface area contributed by atoms with E-state index in [0.29, 0.717) is 42.9 Å². The van der Waals surface area contributed by atoms with Gasteiger partial charge in [0, 0.05) is 55.2 Å². The molecule has 2 fully saturated rings. The molecular weight excluding hydrogens is 584 g/mol. The van der Waals surface area contributed by atoms with Crippen molar-refractivity contribution in [3.8, 4) is 0 Å². The lowest BCUT2D eigenvalue weighted by atomic mass is 10.1. The number of non-ortho nitro benzene ring substituents is 2. The number of carbonyl (C=O) groups is 3. The smallest absolute Gasteiger partial charge is 0.435 e. The standard InChI is InChI=1S/C27H30N6O9S/c1-17(28-26(35)41-15-18-2-6-21(7-3-18)32(37)38)30-11-10-20(13-30)29-25(34)24-12-23(43)14-31(24)27(36)42-16-19-4-8-22(9-5-19)33(39)40/h2-9,20,23-24,43H,10-16H2,1H3,(H,29,34)/t20-,23+,24+/m1/s1. The third-order valence-electron chi connectivity index (χ3n) is 7.08. The maximum atomic E-state index is 13.2. The minimum absolute atomic E-state index is 0.0645. The second kappa shape index (κ2) is 14.0. The van der Waals surface area contributed by atoms with Crippen LogP contribution >= 0.6 is 12.6 Å². The van der Waals surface area contributed by atoms with Crippen LogP contribution in [0.3, 0.4) is 0 Å². The summed E-state index contributed by atoms with van der Waals surface area (Å²) in [7, 11) is 0. The number of amides is 3. The number of benzene rings is 2. The Balaban J connectivity index is 1.24. The zero-order valence-corrected chi connectivity index (χ0v) is 24.1. The summed E-state index contributed by atoms with van der Waals surface area (Å²) >= 11 is 4.46. The molecule has 15 nitrogen and oxygen atoms in total. The SMILES string of the molecule is CC(=NC(=O)OCc1ccc([N+](=O)[O-])cc1)N1CC[C@@H](NC(=O)[C@@H]2C[C@H](S)CN2C(=O)OCc2ccc([N+](=O)[O-])cc2)C1. The van der Waals surface area contributed by atoms with Crippen LogP contribution in [0, 0.1) is 20.2 Å². The summed E-state index contributed by atoms with van der Waals surface area (Å²) in [6, 6.07) is 10.3. The monoisotopic (exact) mass is 614 g/mol. The molecule has 0 aromatic heterocycles. The van der Waals surface area contributed by atoms with E-state index in [-0.39, 0.29) is 48.3 Å². The average molecular weight is 615 g/mol. The molecule has 4 rings (SSSR count). The van der Waals surface area contributed by atoms with Gasteiger partial charge in [0.25, 0.3) is 11.4 Å². The first kappa shape index (κ1) is 31.2. The number of nitrogens with one attached hydrogen (secondary N) is 1. The highest BCUT2D eigenvalue weighted by Crippen LogP contribution is 2.24. The van der Waals surface area contributed by atoms with Crippen molar-refractivity contribution >= 4 is 47.9 Å². The normalized spacial score (nSPS) is 20.0. The largest absolute Gasteiger partial charge is 0.445 e. The fourth-order valence-corrected chi connectivity index (χ4v) is 5.15. The van der Waals surface area contributed by atoms with Gasteiger partial charge in [-0.05, 0) is 55.2 Å². The lowest BCUT2D eigenvalue weighted by molar-refractivity contribution is -0.385. The molecule has 2 saturated heterocycles. The van der Waals surface area contributed by atoms with Crippen LogP contribution in [0.4, 0.5) is 21.0 Å². The number of nitro groups is 2. The number of nitrogens with zero attached hydrogens (tertiary/aromatic N) is 5. The number of aliphatic imine (C=N–C) groups is 1. The van der Waals surface area contributed by atoms with Gasteiger partial charge in [0.1, 0.15) is 25.1 Å². The number of ether oxygens (including phenoxy) is 2. The lowest BCUT2D eigenvalue weighted by Crippen LogP contribution is -2.49. The highest BCUT2D eigenvalue weighted by atomic mass is 32.1. The van der Waals surface area contributed by atoms with Gasteiger partial charge in [-0.3, -0.25) is 29.9 Å². The van der Waals surface area contributed by atoms with E-state index in [4.69, 9.17) is 9.47 Å². The van der Waals surface area contributed by atoms with Crippen LogP contribution in [0.15, 0.2) is 53.5 Å². The Morgan fingerprint density at radius 3 is 2.07 bits per heavy atom. The molecule has 2 heterocycles. The van der Waals surface area contributed by atoms with Crippen LogP contribution in [0.2, 0.25) is 0 Å². The van der Waals surface area contributed by atoms with Crippen LogP contribution in [0.5, 0.6) is 0 Å². The zero-order valence-electron chi connectivity index (χ0n) is 23.2. The van der Waals surface area contributed by atoms with Crippen molar-refractivity contribution in [1.82, 2.24) is 15.1 Å². The Morgan fingerprint density at radius 1 is 0.953 bits per heavy atom. The topological polar surface area (TPSA) is 187 Å². The van der Waals surface area contributed by atoms with E-state index in [9.17, 15) is 34.6 Å². The molecular formula is C27H30N6O9S. The summed E-state index contributed by atoms with van der Waals surface area (Å²) in [5, 5.41) is 24.3. The van der Waals surface area contributed by atoms with E-state index in [1.807, 2.05) is 4.90 Å². The second-order valence-corrected chi connectivity index (χ2v) is 10.8. The lowest BCUT2D eigenvalue weighted by Gasteiger charge is -2.25. The zero-order chi connectivity index (χ0) is 31.1. The quantitative estimate of drug-likeness (QED) is 0.147. The fourth-order valence-electron chi connectivity index (χ4n) is 4.77. The molecule has 2 aromatic rings.